The molecule has 0 radical (unpaired) electrons. The minimum Gasteiger partial charge on any atom is -0.363 e. The molecule has 0 N–H and O–H groups in total. The van der Waals surface area contributed by atoms with Crippen LogP contribution in [0.4, 0.5) is 0 Å². The smallest absolute Gasteiger partial charge is 0.248 e. The van der Waals surface area contributed by atoms with Gasteiger partial charge in [0.15, 0.2) is 0 Å². The van der Waals surface area contributed by atoms with Gasteiger partial charge in [0.05, 0.1) is 12.1 Å². The highest BCUT2D eigenvalue weighted by atomic mass is 16.5. The number of hydrogen-bond donors (Lipinski definition) is 0. The molecule has 6 nitrogen and oxygen atoms in total. The SMILES string of the molecule is O=C1COC2(CCN(C(=O)C3CC=CC3)CC2)CN1Cc1cccnc1. The standard InChI is InChI=1S/C20H25N3O3/c24-18-14-26-20(15-23(18)13-16-4-3-9-21-12-16)7-10-22(11-8-20)19(25)17-5-1-2-6-17/h1-4,9,12,17H,5-8,10-11,13-15H2. The predicted molar refractivity (Wildman–Crippen MR) is 96.0 cm³/mol. The first kappa shape index (κ1) is 17.2. The van der Waals surface area contributed by atoms with Crippen LogP contribution < -0.4 is 0 Å². The molecule has 1 spiro atoms. The van der Waals surface area contributed by atoms with Crippen LogP contribution in [0.1, 0.15) is 31.2 Å². The van der Waals surface area contributed by atoms with Crippen molar-refractivity contribution in [3.8, 4) is 0 Å². The highest BCUT2D eigenvalue weighted by Gasteiger charge is 2.43. The van der Waals surface area contributed by atoms with Crippen molar-refractivity contribution < 1.29 is 14.3 Å². The minimum atomic E-state index is -0.319. The third kappa shape index (κ3) is 3.51. The van der Waals surface area contributed by atoms with E-state index in [1.54, 1.807) is 12.4 Å². The largest absolute Gasteiger partial charge is 0.363 e. The van der Waals surface area contributed by atoms with E-state index in [1.165, 1.54) is 0 Å². The molecule has 2 aliphatic heterocycles. The summed E-state index contributed by atoms with van der Waals surface area (Å²) in [5.74, 6) is 0.416. The van der Waals surface area contributed by atoms with E-state index in [4.69, 9.17) is 4.74 Å². The molecular weight excluding hydrogens is 330 g/mol. The van der Waals surface area contributed by atoms with E-state index in [1.807, 2.05) is 21.9 Å². The van der Waals surface area contributed by atoms with E-state index in [2.05, 4.69) is 17.1 Å². The second kappa shape index (κ2) is 7.19. The number of ether oxygens (including phenoxy) is 1. The maximum Gasteiger partial charge on any atom is 0.248 e. The van der Waals surface area contributed by atoms with Gasteiger partial charge in [-0.1, -0.05) is 18.2 Å². The molecule has 0 bridgehead atoms. The highest BCUT2D eigenvalue weighted by molar-refractivity contribution is 5.80. The van der Waals surface area contributed by atoms with E-state index in [-0.39, 0.29) is 29.9 Å². The van der Waals surface area contributed by atoms with Crippen molar-refractivity contribution in [2.45, 2.75) is 37.8 Å². The fourth-order valence-corrected chi connectivity index (χ4v) is 4.16. The lowest BCUT2D eigenvalue weighted by Gasteiger charge is -2.47. The molecule has 3 aliphatic rings. The summed E-state index contributed by atoms with van der Waals surface area (Å²) in [5.41, 5.74) is 0.708. The lowest BCUT2D eigenvalue weighted by atomic mass is 9.88. The molecule has 2 amide bonds. The van der Waals surface area contributed by atoms with Gasteiger partial charge in [0.1, 0.15) is 6.61 Å². The molecule has 1 aliphatic carbocycles. The monoisotopic (exact) mass is 355 g/mol. The zero-order valence-corrected chi connectivity index (χ0v) is 15.0. The topological polar surface area (TPSA) is 62.7 Å². The number of piperidine rings is 1. The molecule has 2 fully saturated rings. The maximum atomic E-state index is 12.6. The summed E-state index contributed by atoms with van der Waals surface area (Å²) >= 11 is 0. The average molecular weight is 355 g/mol. The first-order valence-corrected chi connectivity index (χ1v) is 9.40. The molecule has 4 rings (SSSR count). The van der Waals surface area contributed by atoms with Crippen LogP contribution in [0.3, 0.4) is 0 Å². The quantitative estimate of drug-likeness (QED) is 0.775. The van der Waals surface area contributed by atoms with Crippen LogP contribution in [0.5, 0.6) is 0 Å². The Morgan fingerprint density at radius 2 is 2.04 bits per heavy atom. The summed E-state index contributed by atoms with van der Waals surface area (Å²) in [5, 5.41) is 0. The predicted octanol–water partition coefficient (Wildman–Crippen LogP) is 1.77. The number of aromatic nitrogens is 1. The molecule has 3 heterocycles. The van der Waals surface area contributed by atoms with E-state index >= 15 is 0 Å². The molecule has 0 atom stereocenters. The van der Waals surface area contributed by atoms with Crippen LogP contribution in [0.2, 0.25) is 0 Å². The molecule has 0 saturated carbocycles. The maximum absolute atomic E-state index is 12.6. The van der Waals surface area contributed by atoms with Crippen molar-refractivity contribution >= 4 is 11.8 Å². The zero-order valence-electron chi connectivity index (χ0n) is 15.0. The van der Waals surface area contributed by atoms with Crippen molar-refractivity contribution in [2.24, 2.45) is 5.92 Å². The Morgan fingerprint density at radius 1 is 1.27 bits per heavy atom. The lowest BCUT2D eigenvalue weighted by molar-refractivity contribution is -0.175. The number of pyridine rings is 1. The minimum absolute atomic E-state index is 0.0232. The van der Waals surface area contributed by atoms with Crippen molar-refractivity contribution in [3.05, 3.63) is 42.2 Å². The summed E-state index contributed by atoms with van der Waals surface area (Å²) in [6.07, 6.45) is 11.0. The number of allylic oxidation sites excluding steroid dienone is 2. The van der Waals surface area contributed by atoms with Gasteiger partial charge in [-0.15, -0.1) is 0 Å². The summed E-state index contributed by atoms with van der Waals surface area (Å²) in [7, 11) is 0. The number of amides is 2. The van der Waals surface area contributed by atoms with Gasteiger partial charge in [0.2, 0.25) is 11.8 Å². The highest BCUT2D eigenvalue weighted by Crippen LogP contribution is 2.32. The molecule has 1 aromatic heterocycles. The number of likely N-dealkylation sites (tertiary alicyclic amines) is 1. The Hall–Kier alpha value is -2.21. The summed E-state index contributed by atoms with van der Waals surface area (Å²) < 4.78 is 5.98. The molecular formula is C20H25N3O3. The molecule has 6 heteroatoms. The lowest BCUT2D eigenvalue weighted by Crippen LogP contribution is -2.59. The van der Waals surface area contributed by atoms with Crippen LogP contribution in [0, 0.1) is 5.92 Å². The van der Waals surface area contributed by atoms with Crippen LogP contribution in [-0.4, -0.2) is 58.4 Å². The van der Waals surface area contributed by atoms with E-state index in [0.717, 1.165) is 31.2 Å². The van der Waals surface area contributed by atoms with Crippen molar-refractivity contribution in [1.29, 1.82) is 0 Å². The van der Waals surface area contributed by atoms with Crippen LogP contribution >= 0.6 is 0 Å². The average Bonchev–Trinajstić information content (AvgIpc) is 3.21. The second-order valence-electron chi connectivity index (χ2n) is 7.55. The number of morpholine rings is 1. The molecule has 26 heavy (non-hydrogen) atoms. The molecule has 0 aromatic carbocycles. The second-order valence-corrected chi connectivity index (χ2v) is 7.55. The van der Waals surface area contributed by atoms with Crippen LogP contribution in [0.15, 0.2) is 36.7 Å². The number of carbonyl (C=O) groups is 2. The van der Waals surface area contributed by atoms with E-state index in [9.17, 15) is 9.59 Å². The van der Waals surface area contributed by atoms with E-state index in [0.29, 0.717) is 26.2 Å². The Kier molecular flexibility index (Phi) is 4.76. The van der Waals surface area contributed by atoms with Crippen molar-refractivity contribution in [2.75, 3.05) is 26.2 Å². The third-order valence-corrected chi connectivity index (χ3v) is 5.77. The third-order valence-electron chi connectivity index (χ3n) is 5.77. The summed E-state index contributed by atoms with van der Waals surface area (Å²) in [6.45, 7) is 2.71. The van der Waals surface area contributed by atoms with Crippen molar-refractivity contribution in [3.63, 3.8) is 0 Å². The number of nitrogens with zero attached hydrogens (tertiary/aromatic N) is 3. The molecule has 2 saturated heterocycles. The van der Waals surface area contributed by atoms with Crippen molar-refractivity contribution in [1.82, 2.24) is 14.8 Å². The molecule has 1 aromatic rings. The van der Waals surface area contributed by atoms with Gasteiger partial charge in [-0.3, -0.25) is 14.6 Å². The van der Waals surface area contributed by atoms with Crippen LogP contribution in [-0.2, 0) is 20.9 Å². The van der Waals surface area contributed by atoms with Gasteiger partial charge in [-0.2, -0.15) is 0 Å². The Morgan fingerprint density at radius 3 is 2.73 bits per heavy atom. The fourth-order valence-electron chi connectivity index (χ4n) is 4.16. The first-order chi connectivity index (χ1) is 12.7. The fraction of sp³-hybridized carbons (Fsp3) is 0.550. The van der Waals surface area contributed by atoms with Gasteiger partial charge in [-0.25, -0.2) is 0 Å². The summed E-state index contributed by atoms with van der Waals surface area (Å²) in [4.78, 5) is 32.9. The van der Waals surface area contributed by atoms with Crippen LogP contribution in [0.25, 0.3) is 0 Å². The zero-order chi connectivity index (χ0) is 18.0. The Labute approximate surface area is 153 Å². The van der Waals surface area contributed by atoms with Gasteiger partial charge in [0, 0.05) is 37.9 Å². The number of hydrogen-bond acceptors (Lipinski definition) is 4. The Balaban J connectivity index is 1.37. The van der Waals surface area contributed by atoms with Gasteiger partial charge < -0.3 is 14.5 Å². The first-order valence-electron chi connectivity index (χ1n) is 9.40. The van der Waals surface area contributed by atoms with Gasteiger partial charge >= 0.3 is 0 Å². The summed E-state index contributed by atoms with van der Waals surface area (Å²) in [6, 6.07) is 3.87. The van der Waals surface area contributed by atoms with Gasteiger partial charge in [0.25, 0.3) is 0 Å². The molecule has 138 valence electrons. The normalized spacial score (nSPS) is 23.0. The number of rotatable bonds is 3. The Bertz CT molecular complexity index is 688. The molecule has 0 unspecified atom stereocenters. The number of carbonyl (C=O) groups excluding carboxylic acids is 2. The van der Waals surface area contributed by atoms with E-state index < -0.39 is 0 Å². The van der Waals surface area contributed by atoms with Gasteiger partial charge in [-0.05, 0) is 37.3 Å².